The van der Waals surface area contributed by atoms with Crippen LogP contribution in [0.25, 0.3) is 0 Å². The Morgan fingerprint density at radius 2 is 1.63 bits per heavy atom. The summed E-state index contributed by atoms with van der Waals surface area (Å²) in [6.45, 7) is 3.58. The maximum atomic E-state index is 12.6. The van der Waals surface area contributed by atoms with E-state index in [1.807, 2.05) is 6.92 Å². The molecular weight excluding hydrogens is 260 g/mol. The van der Waals surface area contributed by atoms with Gasteiger partial charge in [0.15, 0.2) is 5.78 Å². The van der Waals surface area contributed by atoms with E-state index in [-0.39, 0.29) is 26.7 Å². The fourth-order valence-corrected chi connectivity index (χ4v) is 4.48. The minimum absolute atomic E-state index is 0.111. The molecule has 0 saturated heterocycles. The van der Waals surface area contributed by atoms with Crippen LogP contribution in [-0.4, -0.2) is 14.2 Å². The number of carbonyl (C=O) groups is 1. The molecule has 2 aromatic rings. The molecule has 0 saturated carbocycles. The summed E-state index contributed by atoms with van der Waals surface area (Å²) in [7, 11) is -3.60. The fourth-order valence-electron chi connectivity index (χ4n) is 2.62. The van der Waals surface area contributed by atoms with Gasteiger partial charge in [-0.2, -0.15) is 0 Å². The molecule has 1 aliphatic heterocycles. The Hall–Kier alpha value is -1.94. The quantitative estimate of drug-likeness (QED) is 0.632. The average molecular weight is 272 g/mol. The van der Waals surface area contributed by atoms with E-state index in [1.54, 1.807) is 37.3 Å². The summed E-state index contributed by atoms with van der Waals surface area (Å²) in [5, 5.41) is 0. The van der Waals surface area contributed by atoms with Crippen LogP contribution in [-0.2, 0) is 9.84 Å². The molecule has 0 aromatic heterocycles. The van der Waals surface area contributed by atoms with Gasteiger partial charge in [0.1, 0.15) is 0 Å². The normalized spacial score (nSPS) is 15.8. The molecule has 0 bridgehead atoms. The summed E-state index contributed by atoms with van der Waals surface area (Å²) >= 11 is 0. The molecule has 3 nitrogen and oxygen atoms in total. The van der Waals surface area contributed by atoms with Crippen molar-refractivity contribution in [1.82, 2.24) is 0 Å². The first kappa shape index (κ1) is 12.1. The van der Waals surface area contributed by atoms with Crippen molar-refractivity contribution < 1.29 is 13.2 Å². The average Bonchev–Trinajstić information content (AvgIpc) is 2.35. The van der Waals surface area contributed by atoms with Crippen LogP contribution in [0.1, 0.15) is 27.0 Å². The number of sulfone groups is 1. The topological polar surface area (TPSA) is 51.2 Å². The molecule has 0 radical (unpaired) electrons. The first-order valence-electron chi connectivity index (χ1n) is 5.93. The summed E-state index contributed by atoms with van der Waals surface area (Å²) in [4.78, 5) is 12.7. The third-order valence-electron chi connectivity index (χ3n) is 3.35. The van der Waals surface area contributed by atoms with Crippen LogP contribution in [0.2, 0.25) is 0 Å². The second-order valence-corrected chi connectivity index (χ2v) is 6.64. The largest absolute Gasteiger partial charge is 0.289 e. The van der Waals surface area contributed by atoms with Crippen molar-refractivity contribution in [3.63, 3.8) is 0 Å². The van der Waals surface area contributed by atoms with E-state index >= 15 is 0 Å². The Morgan fingerprint density at radius 1 is 0.947 bits per heavy atom. The molecular formula is C15H12O3S. The molecule has 19 heavy (non-hydrogen) atoms. The summed E-state index contributed by atoms with van der Waals surface area (Å²) < 4.78 is 25.2. The highest BCUT2D eigenvalue weighted by atomic mass is 32.2. The number of rotatable bonds is 0. The van der Waals surface area contributed by atoms with Gasteiger partial charge < -0.3 is 0 Å². The summed E-state index contributed by atoms with van der Waals surface area (Å²) in [5.41, 5.74) is 2.06. The molecule has 0 spiro atoms. The smallest absolute Gasteiger partial charge is 0.208 e. The van der Waals surface area contributed by atoms with Crippen molar-refractivity contribution in [2.45, 2.75) is 23.6 Å². The van der Waals surface area contributed by atoms with Gasteiger partial charge in [-0.05, 0) is 37.6 Å². The zero-order chi connectivity index (χ0) is 13.8. The van der Waals surface area contributed by atoms with E-state index in [4.69, 9.17) is 0 Å². The minimum atomic E-state index is -3.60. The maximum Gasteiger partial charge on any atom is 0.208 e. The molecule has 0 fully saturated rings. The van der Waals surface area contributed by atoms with Gasteiger partial charge in [0, 0.05) is 11.1 Å². The second-order valence-electron chi connectivity index (χ2n) is 4.79. The zero-order valence-electron chi connectivity index (χ0n) is 10.6. The number of hydrogen-bond donors (Lipinski definition) is 0. The van der Waals surface area contributed by atoms with Crippen LogP contribution < -0.4 is 0 Å². The van der Waals surface area contributed by atoms with Gasteiger partial charge in [-0.15, -0.1) is 0 Å². The molecule has 0 N–H and O–H groups in total. The third-order valence-corrected chi connectivity index (χ3v) is 5.37. The Balaban J connectivity index is 2.49. The van der Waals surface area contributed by atoms with E-state index in [2.05, 4.69) is 0 Å². The van der Waals surface area contributed by atoms with E-state index < -0.39 is 9.84 Å². The predicted molar refractivity (Wildman–Crippen MR) is 71.2 cm³/mol. The zero-order valence-corrected chi connectivity index (χ0v) is 11.4. The number of hydrogen-bond acceptors (Lipinski definition) is 3. The van der Waals surface area contributed by atoms with Crippen molar-refractivity contribution in [3.05, 3.63) is 58.7 Å². The molecule has 0 amide bonds. The second kappa shape index (κ2) is 3.78. The summed E-state index contributed by atoms with van der Waals surface area (Å²) in [5.74, 6) is -0.216. The fraction of sp³-hybridized carbons (Fsp3) is 0.133. The van der Waals surface area contributed by atoms with E-state index in [0.717, 1.165) is 5.56 Å². The Kier molecular flexibility index (Phi) is 2.41. The van der Waals surface area contributed by atoms with Crippen molar-refractivity contribution >= 4 is 15.6 Å². The van der Waals surface area contributed by atoms with Gasteiger partial charge >= 0.3 is 0 Å². The lowest BCUT2D eigenvalue weighted by Crippen LogP contribution is -2.21. The highest BCUT2D eigenvalue weighted by Gasteiger charge is 2.35. The Labute approximate surface area is 111 Å². The molecule has 1 aliphatic rings. The molecule has 2 aromatic carbocycles. The van der Waals surface area contributed by atoms with Gasteiger partial charge in [0.25, 0.3) is 0 Å². The summed E-state index contributed by atoms with van der Waals surface area (Å²) in [6.07, 6.45) is 0. The molecule has 0 unspecified atom stereocenters. The Bertz CT molecular complexity index is 817. The third kappa shape index (κ3) is 1.56. The van der Waals surface area contributed by atoms with Gasteiger partial charge in [0.2, 0.25) is 9.84 Å². The standard InChI is InChI=1S/C15H12O3S/c1-9-7-10(2)15-12(8-9)14(16)11-5-3-4-6-13(11)19(15,17)18/h3-8H,1-2H3. The van der Waals surface area contributed by atoms with Crippen molar-refractivity contribution in [3.8, 4) is 0 Å². The summed E-state index contributed by atoms with van der Waals surface area (Å²) in [6, 6.07) is 9.81. The highest BCUT2D eigenvalue weighted by Crippen LogP contribution is 2.36. The van der Waals surface area contributed by atoms with E-state index in [1.165, 1.54) is 6.07 Å². The number of fused-ring (bicyclic) bond motifs is 2. The van der Waals surface area contributed by atoms with Crippen LogP contribution in [0.3, 0.4) is 0 Å². The maximum absolute atomic E-state index is 12.6. The van der Waals surface area contributed by atoms with Gasteiger partial charge in [-0.1, -0.05) is 23.8 Å². The number of benzene rings is 2. The van der Waals surface area contributed by atoms with E-state index in [0.29, 0.717) is 5.56 Å². The highest BCUT2D eigenvalue weighted by molar-refractivity contribution is 7.91. The number of ketones is 1. The molecule has 0 atom stereocenters. The van der Waals surface area contributed by atoms with Gasteiger partial charge in [-0.25, -0.2) is 8.42 Å². The molecule has 4 heteroatoms. The first-order valence-corrected chi connectivity index (χ1v) is 7.41. The predicted octanol–water partition coefficient (Wildman–Crippen LogP) is 2.68. The van der Waals surface area contributed by atoms with Crippen LogP contribution in [0, 0.1) is 13.8 Å². The van der Waals surface area contributed by atoms with E-state index in [9.17, 15) is 13.2 Å². The molecule has 0 aliphatic carbocycles. The van der Waals surface area contributed by atoms with Crippen LogP contribution >= 0.6 is 0 Å². The lowest BCUT2D eigenvalue weighted by Gasteiger charge is -2.20. The van der Waals surface area contributed by atoms with Crippen molar-refractivity contribution in [2.75, 3.05) is 0 Å². The molecule has 96 valence electrons. The lowest BCUT2D eigenvalue weighted by atomic mass is 9.98. The number of carbonyl (C=O) groups excluding carboxylic acids is 1. The van der Waals surface area contributed by atoms with Crippen LogP contribution in [0.15, 0.2) is 46.2 Å². The SMILES string of the molecule is Cc1cc(C)c2c(c1)C(=O)c1ccccc1S2(=O)=O. The van der Waals surface area contributed by atoms with Gasteiger partial charge in [-0.3, -0.25) is 4.79 Å². The van der Waals surface area contributed by atoms with Gasteiger partial charge in [0.05, 0.1) is 9.79 Å². The van der Waals surface area contributed by atoms with Crippen molar-refractivity contribution in [2.24, 2.45) is 0 Å². The Morgan fingerprint density at radius 3 is 2.37 bits per heavy atom. The van der Waals surface area contributed by atoms with Crippen molar-refractivity contribution in [1.29, 1.82) is 0 Å². The number of aryl methyl sites for hydroxylation is 2. The van der Waals surface area contributed by atoms with Crippen LogP contribution in [0.4, 0.5) is 0 Å². The first-order chi connectivity index (χ1) is 8.93. The van der Waals surface area contributed by atoms with Crippen LogP contribution in [0.5, 0.6) is 0 Å². The minimum Gasteiger partial charge on any atom is -0.289 e. The molecule has 1 heterocycles. The lowest BCUT2D eigenvalue weighted by molar-refractivity contribution is 0.103. The molecule has 3 rings (SSSR count). The monoisotopic (exact) mass is 272 g/mol.